The van der Waals surface area contributed by atoms with Crippen molar-refractivity contribution in [3.05, 3.63) is 12.7 Å². The van der Waals surface area contributed by atoms with E-state index in [4.69, 9.17) is 6.42 Å². The summed E-state index contributed by atoms with van der Waals surface area (Å²) in [5.41, 5.74) is 1.21. The van der Waals surface area contributed by atoms with Crippen LogP contribution in [0.15, 0.2) is 12.7 Å². The monoisotopic (exact) mass is 227 g/mol. The van der Waals surface area contributed by atoms with Crippen molar-refractivity contribution in [1.82, 2.24) is 19.9 Å². The number of rotatable bonds is 1. The van der Waals surface area contributed by atoms with Gasteiger partial charge in [-0.1, -0.05) is 0 Å². The van der Waals surface area contributed by atoms with Crippen molar-refractivity contribution in [1.29, 1.82) is 0 Å². The summed E-state index contributed by atoms with van der Waals surface area (Å²) in [5, 5.41) is 0. The molecule has 1 amide bonds. The first kappa shape index (κ1) is 9.78. The summed E-state index contributed by atoms with van der Waals surface area (Å²) in [4.78, 5) is 28.5. The topological polar surface area (TPSA) is 74.8 Å². The first-order valence-electron chi connectivity index (χ1n) is 5.20. The fraction of sp³-hybridized carbons (Fsp3) is 0.273. The van der Waals surface area contributed by atoms with Crippen molar-refractivity contribution in [2.45, 2.75) is 6.42 Å². The zero-order chi connectivity index (χ0) is 11.8. The number of H-pyrrole nitrogens is 1. The third kappa shape index (κ3) is 1.44. The van der Waals surface area contributed by atoms with E-state index < -0.39 is 0 Å². The number of nitrogens with zero attached hydrogens (tertiary/aromatic N) is 4. The van der Waals surface area contributed by atoms with E-state index >= 15 is 0 Å². The summed E-state index contributed by atoms with van der Waals surface area (Å²) in [6, 6.07) is 0. The molecule has 1 fully saturated rings. The van der Waals surface area contributed by atoms with Gasteiger partial charge in [0, 0.05) is 18.9 Å². The van der Waals surface area contributed by atoms with Crippen molar-refractivity contribution in [3.63, 3.8) is 0 Å². The quantitative estimate of drug-likeness (QED) is 0.713. The average molecular weight is 227 g/mol. The lowest BCUT2D eigenvalue weighted by Gasteiger charge is -2.14. The van der Waals surface area contributed by atoms with Crippen LogP contribution in [0.4, 0.5) is 5.82 Å². The van der Waals surface area contributed by atoms with Gasteiger partial charge in [-0.05, 0) is 0 Å². The van der Waals surface area contributed by atoms with E-state index in [-0.39, 0.29) is 11.8 Å². The molecule has 0 aromatic carbocycles. The van der Waals surface area contributed by atoms with Crippen LogP contribution in [0, 0.1) is 18.3 Å². The standard InChI is InChI=1S/C11H9N5O/c1-2-7-3-8(17)16(4-7)11-9-10(13-5-12-9)14-6-15-11/h1,5-7H,3-4H2,(H,12,13,14,15). The Balaban J connectivity index is 2.08. The largest absolute Gasteiger partial charge is 0.340 e. The highest BCUT2D eigenvalue weighted by Crippen LogP contribution is 2.26. The second kappa shape index (κ2) is 3.56. The third-order valence-electron chi connectivity index (χ3n) is 2.82. The number of nitrogens with one attached hydrogen (secondary N) is 1. The minimum atomic E-state index is -0.0459. The second-order valence-corrected chi connectivity index (χ2v) is 3.87. The molecule has 0 radical (unpaired) electrons. The zero-order valence-corrected chi connectivity index (χ0v) is 8.92. The second-order valence-electron chi connectivity index (χ2n) is 3.87. The van der Waals surface area contributed by atoms with Gasteiger partial charge in [0.1, 0.15) is 11.8 Å². The molecule has 6 heteroatoms. The lowest BCUT2D eigenvalue weighted by atomic mass is 10.1. The maximum absolute atomic E-state index is 11.8. The van der Waals surface area contributed by atoms with Gasteiger partial charge in [0.25, 0.3) is 0 Å². The Labute approximate surface area is 97.1 Å². The van der Waals surface area contributed by atoms with Crippen LogP contribution in [-0.2, 0) is 4.79 Å². The smallest absolute Gasteiger partial charge is 0.229 e. The van der Waals surface area contributed by atoms with Crippen LogP contribution in [0.25, 0.3) is 11.2 Å². The van der Waals surface area contributed by atoms with Gasteiger partial charge in [-0.25, -0.2) is 15.0 Å². The van der Waals surface area contributed by atoms with E-state index in [1.807, 2.05) is 0 Å². The summed E-state index contributed by atoms with van der Waals surface area (Å²) >= 11 is 0. The van der Waals surface area contributed by atoms with Gasteiger partial charge in [0.05, 0.1) is 6.33 Å². The summed E-state index contributed by atoms with van der Waals surface area (Å²) < 4.78 is 0. The van der Waals surface area contributed by atoms with Crippen LogP contribution in [0.1, 0.15) is 6.42 Å². The summed E-state index contributed by atoms with van der Waals surface area (Å²) in [6.45, 7) is 0.500. The fourth-order valence-corrected chi connectivity index (χ4v) is 1.98. The highest BCUT2D eigenvalue weighted by Gasteiger charge is 2.31. The van der Waals surface area contributed by atoms with Gasteiger partial charge < -0.3 is 4.98 Å². The minimum absolute atomic E-state index is 0.0115. The van der Waals surface area contributed by atoms with Crippen LogP contribution in [0.5, 0.6) is 0 Å². The molecular weight excluding hydrogens is 218 g/mol. The lowest BCUT2D eigenvalue weighted by Crippen LogP contribution is -2.25. The predicted molar refractivity (Wildman–Crippen MR) is 61.0 cm³/mol. The highest BCUT2D eigenvalue weighted by molar-refractivity contribution is 6.00. The van der Waals surface area contributed by atoms with E-state index in [1.54, 1.807) is 4.90 Å². The normalized spacial score (nSPS) is 19.8. The molecule has 0 aliphatic carbocycles. The van der Waals surface area contributed by atoms with Crippen LogP contribution in [0.2, 0.25) is 0 Å². The maximum Gasteiger partial charge on any atom is 0.229 e. The van der Waals surface area contributed by atoms with Crippen molar-refractivity contribution < 1.29 is 4.79 Å². The highest BCUT2D eigenvalue weighted by atomic mass is 16.2. The number of aromatic nitrogens is 4. The number of imidazole rings is 1. The molecule has 0 spiro atoms. The predicted octanol–water partition coefficient (Wildman–Crippen LogP) is 0.339. The van der Waals surface area contributed by atoms with Crippen molar-refractivity contribution in [2.75, 3.05) is 11.4 Å². The SMILES string of the molecule is C#CC1CC(=O)N(c2ncnc3nc[nH]c23)C1. The molecule has 1 unspecified atom stereocenters. The molecule has 1 aliphatic rings. The zero-order valence-electron chi connectivity index (χ0n) is 8.92. The average Bonchev–Trinajstić information content (AvgIpc) is 2.94. The molecule has 3 rings (SSSR count). The molecule has 1 atom stereocenters. The van der Waals surface area contributed by atoms with E-state index in [1.165, 1.54) is 12.7 Å². The molecule has 0 bridgehead atoms. The van der Waals surface area contributed by atoms with Crippen LogP contribution in [-0.4, -0.2) is 32.4 Å². The van der Waals surface area contributed by atoms with Crippen molar-refractivity contribution in [3.8, 4) is 12.3 Å². The van der Waals surface area contributed by atoms with E-state index in [0.29, 0.717) is 29.9 Å². The van der Waals surface area contributed by atoms with Gasteiger partial charge in [-0.15, -0.1) is 12.3 Å². The molecule has 2 aromatic heterocycles. The number of carbonyl (C=O) groups is 1. The Morgan fingerprint density at radius 2 is 2.35 bits per heavy atom. The Morgan fingerprint density at radius 3 is 3.12 bits per heavy atom. The maximum atomic E-state index is 11.8. The molecular formula is C11H9N5O. The molecule has 6 nitrogen and oxygen atoms in total. The number of aromatic amines is 1. The van der Waals surface area contributed by atoms with Gasteiger partial charge in [0.15, 0.2) is 11.5 Å². The Hall–Kier alpha value is -2.42. The fourth-order valence-electron chi connectivity index (χ4n) is 1.98. The summed E-state index contributed by atoms with van der Waals surface area (Å²) in [5.74, 6) is 3.10. The number of fused-ring (bicyclic) bond motifs is 1. The number of amides is 1. The Kier molecular flexibility index (Phi) is 2.05. The van der Waals surface area contributed by atoms with E-state index in [0.717, 1.165) is 0 Å². The van der Waals surface area contributed by atoms with Gasteiger partial charge in [0.2, 0.25) is 5.91 Å². The van der Waals surface area contributed by atoms with E-state index in [2.05, 4.69) is 25.9 Å². The Bertz CT molecular complexity index is 626. The number of hydrogen-bond donors (Lipinski definition) is 1. The van der Waals surface area contributed by atoms with Gasteiger partial charge in [-0.3, -0.25) is 9.69 Å². The number of carbonyl (C=O) groups excluding carboxylic acids is 1. The summed E-state index contributed by atoms with van der Waals surface area (Å²) in [6.07, 6.45) is 8.65. The molecule has 17 heavy (non-hydrogen) atoms. The number of anilines is 1. The van der Waals surface area contributed by atoms with Crippen molar-refractivity contribution >= 4 is 22.9 Å². The minimum Gasteiger partial charge on any atom is -0.340 e. The molecule has 1 N–H and O–H groups in total. The van der Waals surface area contributed by atoms with Crippen LogP contribution >= 0.6 is 0 Å². The first-order chi connectivity index (χ1) is 8.29. The summed E-state index contributed by atoms with van der Waals surface area (Å²) in [7, 11) is 0. The number of terminal acetylenes is 1. The molecule has 3 heterocycles. The Morgan fingerprint density at radius 1 is 1.47 bits per heavy atom. The first-order valence-corrected chi connectivity index (χ1v) is 5.20. The van der Waals surface area contributed by atoms with Gasteiger partial charge in [-0.2, -0.15) is 0 Å². The van der Waals surface area contributed by atoms with Gasteiger partial charge >= 0.3 is 0 Å². The lowest BCUT2D eigenvalue weighted by molar-refractivity contribution is -0.117. The molecule has 2 aromatic rings. The van der Waals surface area contributed by atoms with Crippen LogP contribution < -0.4 is 4.90 Å². The van der Waals surface area contributed by atoms with Crippen LogP contribution in [0.3, 0.4) is 0 Å². The molecule has 84 valence electrons. The molecule has 0 saturated carbocycles. The third-order valence-corrected chi connectivity index (χ3v) is 2.82. The molecule has 1 aliphatic heterocycles. The number of hydrogen-bond acceptors (Lipinski definition) is 4. The van der Waals surface area contributed by atoms with E-state index in [9.17, 15) is 4.79 Å². The molecule has 1 saturated heterocycles. The van der Waals surface area contributed by atoms with Crippen molar-refractivity contribution in [2.24, 2.45) is 5.92 Å².